The molecule has 0 radical (unpaired) electrons. The van der Waals surface area contributed by atoms with E-state index >= 15 is 0 Å². The van der Waals surface area contributed by atoms with Gasteiger partial charge in [0.05, 0.1) is 0 Å². The predicted molar refractivity (Wildman–Crippen MR) is 64.7 cm³/mol. The van der Waals surface area contributed by atoms with Crippen molar-refractivity contribution >= 4 is 21.6 Å². The summed E-state index contributed by atoms with van der Waals surface area (Å²) < 4.78 is 1.19. The molecule has 0 saturated heterocycles. The van der Waals surface area contributed by atoms with Gasteiger partial charge in [0.25, 0.3) is 0 Å². The maximum atomic E-state index is 3.55. The molecule has 0 unspecified atom stereocenters. The third kappa shape index (κ3) is 2.11. The molecule has 0 spiro atoms. The number of anilines is 1. The Balaban J connectivity index is 2.00. The SMILES string of the molecule is Cc1ccc(NC2CC(C)C2)cc1Br. The van der Waals surface area contributed by atoms with Crippen molar-refractivity contribution in [3.63, 3.8) is 0 Å². The Kier molecular flexibility index (Phi) is 2.82. The standard InChI is InChI=1S/C12H16BrN/c1-8-5-11(6-8)14-10-4-3-9(2)12(13)7-10/h3-4,7-8,11,14H,5-6H2,1-2H3. The molecule has 1 aromatic carbocycles. The van der Waals surface area contributed by atoms with Crippen LogP contribution in [0.15, 0.2) is 22.7 Å². The zero-order chi connectivity index (χ0) is 10.1. The normalized spacial score (nSPS) is 25.6. The Bertz CT molecular complexity index is 329. The van der Waals surface area contributed by atoms with E-state index in [0.29, 0.717) is 6.04 Å². The fourth-order valence-electron chi connectivity index (χ4n) is 1.94. The van der Waals surface area contributed by atoms with Crippen molar-refractivity contribution in [2.24, 2.45) is 5.92 Å². The Morgan fingerprint density at radius 2 is 2.07 bits per heavy atom. The fourth-order valence-corrected chi connectivity index (χ4v) is 2.32. The summed E-state index contributed by atoms with van der Waals surface area (Å²) in [6.07, 6.45) is 2.62. The molecule has 1 saturated carbocycles. The molecule has 2 rings (SSSR count). The Hall–Kier alpha value is -0.500. The van der Waals surface area contributed by atoms with Gasteiger partial charge in [0.15, 0.2) is 0 Å². The Labute approximate surface area is 94.0 Å². The van der Waals surface area contributed by atoms with Crippen LogP contribution < -0.4 is 5.32 Å². The quantitative estimate of drug-likeness (QED) is 0.842. The molecule has 1 aliphatic rings. The van der Waals surface area contributed by atoms with Crippen LogP contribution in [0.25, 0.3) is 0 Å². The number of halogens is 1. The first-order valence-corrected chi connectivity index (χ1v) is 5.97. The van der Waals surface area contributed by atoms with Crippen LogP contribution >= 0.6 is 15.9 Å². The van der Waals surface area contributed by atoms with E-state index in [1.165, 1.54) is 28.6 Å². The summed E-state index contributed by atoms with van der Waals surface area (Å²) in [5, 5.41) is 3.55. The van der Waals surface area contributed by atoms with Gasteiger partial charge in [0.1, 0.15) is 0 Å². The third-order valence-electron chi connectivity index (χ3n) is 2.92. The van der Waals surface area contributed by atoms with Crippen molar-refractivity contribution in [3.05, 3.63) is 28.2 Å². The summed E-state index contributed by atoms with van der Waals surface area (Å²) in [6.45, 7) is 4.42. The van der Waals surface area contributed by atoms with E-state index in [4.69, 9.17) is 0 Å². The predicted octanol–water partition coefficient (Wildman–Crippen LogP) is 3.97. The second kappa shape index (κ2) is 3.93. The zero-order valence-corrected chi connectivity index (χ0v) is 10.3. The van der Waals surface area contributed by atoms with Crippen molar-refractivity contribution in [1.29, 1.82) is 0 Å². The van der Waals surface area contributed by atoms with Crippen LogP contribution in [0.5, 0.6) is 0 Å². The molecule has 0 heterocycles. The molecular weight excluding hydrogens is 238 g/mol. The van der Waals surface area contributed by atoms with Gasteiger partial charge < -0.3 is 5.32 Å². The lowest BCUT2D eigenvalue weighted by Crippen LogP contribution is -2.33. The number of benzene rings is 1. The first-order chi connectivity index (χ1) is 6.65. The molecule has 0 aromatic heterocycles. The molecule has 1 aromatic rings. The second-order valence-electron chi connectivity index (χ2n) is 4.38. The molecular formula is C12H16BrN. The fraction of sp³-hybridized carbons (Fsp3) is 0.500. The van der Waals surface area contributed by atoms with Crippen molar-refractivity contribution in [2.75, 3.05) is 5.32 Å². The summed E-state index contributed by atoms with van der Waals surface area (Å²) in [5.74, 6) is 0.904. The first-order valence-electron chi connectivity index (χ1n) is 5.18. The van der Waals surface area contributed by atoms with Gasteiger partial charge in [-0.25, -0.2) is 0 Å². The van der Waals surface area contributed by atoms with Gasteiger partial charge >= 0.3 is 0 Å². The van der Waals surface area contributed by atoms with E-state index in [0.717, 1.165) is 5.92 Å². The monoisotopic (exact) mass is 253 g/mol. The smallest absolute Gasteiger partial charge is 0.0353 e. The van der Waals surface area contributed by atoms with E-state index in [1.807, 2.05) is 0 Å². The van der Waals surface area contributed by atoms with Crippen molar-refractivity contribution in [1.82, 2.24) is 0 Å². The molecule has 0 bridgehead atoms. The van der Waals surface area contributed by atoms with Crippen LogP contribution in [0.4, 0.5) is 5.69 Å². The van der Waals surface area contributed by atoms with Gasteiger partial charge in [-0.3, -0.25) is 0 Å². The molecule has 1 nitrogen and oxygen atoms in total. The number of hydrogen-bond acceptors (Lipinski definition) is 1. The highest BCUT2D eigenvalue weighted by atomic mass is 79.9. The van der Waals surface area contributed by atoms with E-state index in [2.05, 4.69) is 53.3 Å². The van der Waals surface area contributed by atoms with Gasteiger partial charge in [-0.2, -0.15) is 0 Å². The van der Waals surface area contributed by atoms with Gasteiger partial charge in [-0.15, -0.1) is 0 Å². The maximum absolute atomic E-state index is 3.55. The van der Waals surface area contributed by atoms with Crippen LogP contribution in [-0.2, 0) is 0 Å². The van der Waals surface area contributed by atoms with Gasteiger partial charge in [0, 0.05) is 16.2 Å². The van der Waals surface area contributed by atoms with Gasteiger partial charge in [-0.05, 0) is 43.4 Å². The number of nitrogens with one attached hydrogen (secondary N) is 1. The van der Waals surface area contributed by atoms with Crippen LogP contribution in [-0.4, -0.2) is 6.04 Å². The summed E-state index contributed by atoms with van der Waals surface area (Å²) >= 11 is 3.55. The van der Waals surface area contributed by atoms with E-state index < -0.39 is 0 Å². The number of hydrogen-bond donors (Lipinski definition) is 1. The number of rotatable bonds is 2. The molecule has 0 aliphatic heterocycles. The average Bonchev–Trinajstić information content (AvgIpc) is 2.09. The lowest BCUT2D eigenvalue weighted by molar-refractivity contribution is 0.309. The minimum absolute atomic E-state index is 0.694. The van der Waals surface area contributed by atoms with E-state index in [-0.39, 0.29) is 0 Å². The molecule has 1 N–H and O–H groups in total. The van der Waals surface area contributed by atoms with E-state index in [9.17, 15) is 0 Å². The summed E-state index contributed by atoms with van der Waals surface area (Å²) in [5.41, 5.74) is 2.52. The highest BCUT2D eigenvalue weighted by Gasteiger charge is 2.24. The van der Waals surface area contributed by atoms with Crippen LogP contribution in [0.2, 0.25) is 0 Å². The molecule has 14 heavy (non-hydrogen) atoms. The average molecular weight is 254 g/mol. The lowest BCUT2D eigenvalue weighted by Gasteiger charge is -2.34. The second-order valence-corrected chi connectivity index (χ2v) is 5.24. The van der Waals surface area contributed by atoms with E-state index in [1.54, 1.807) is 0 Å². The topological polar surface area (TPSA) is 12.0 Å². The molecule has 1 aliphatic carbocycles. The third-order valence-corrected chi connectivity index (χ3v) is 3.77. The first kappa shape index (κ1) is 10.0. The highest BCUT2D eigenvalue weighted by Crippen LogP contribution is 2.30. The molecule has 0 atom stereocenters. The van der Waals surface area contributed by atoms with Gasteiger partial charge in [0.2, 0.25) is 0 Å². The largest absolute Gasteiger partial charge is 0.382 e. The zero-order valence-electron chi connectivity index (χ0n) is 8.68. The molecule has 76 valence electrons. The van der Waals surface area contributed by atoms with Gasteiger partial charge in [-0.1, -0.05) is 28.9 Å². The Morgan fingerprint density at radius 3 is 2.64 bits per heavy atom. The highest BCUT2D eigenvalue weighted by molar-refractivity contribution is 9.10. The van der Waals surface area contributed by atoms with Crippen molar-refractivity contribution < 1.29 is 0 Å². The Morgan fingerprint density at radius 1 is 1.36 bits per heavy atom. The minimum Gasteiger partial charge on any atom is -0.382 e. The van der Waals surface area contributed by atoms with Crippen LogP contribution in [0, 0.1) is 12.8 Å². The summed E-state index contributed by atoms with van der Waals surface area (Å²) in [4.78, 5) is 0. The van der Waals surface area contributed by atoms with Crippen LogP contribution in [0.1, 0.15) is 25.3 Å². The lowest BCUT2D eigenvalue weighted by atomic mass is 9.82. The molecule has 0 amide bonds. The van der Waals surface area contributed by atoms with Crippen molar-refractivity contribution in [3.8, 4) is 0 Å². The summed E-state index contributed by atoms with van der Waals surface area (Å²) in [6, 6.07) is 7.16. The molecule has 1 fully saturated rings. The maximum Gasteiger partial charge on any atom is 0.0353 e. The summed E-state index contributed by atoms with van der Waals surface area (Å²) in [7, 11) is 0. The van der Waals surface area contributed by atoms with Crippen LogP contribution in [0.3, 0.4) is 0 Å². The van der Waals surface area contributed by atoms with Crippen molar-refractivity contribution in [2.45, 2.75) is 32.7 Å². The minimum atomic E-state index is 0.694. The molecule has 2 heteroatoms. The number of aryl methyl sites for hydroxylation is 1.